The Balaban J connectivity index is 1.85. The fourth-order valence-electron chi connectivity index (χ4n) is 3.12. The summed E-state index contributed by atoms with van der Waals surface area (Å²) in [7, 11) is 0. The largest absolute Gasteiger partial charge is 0.326 e. The van der Waals surface area contributed by atoms with Gasteiger partial charge in [-0.1, -0.05) is 18.7 Å². The van der Waals surface area contributed by atoms with Gasteiger partial charge in [0.1, 0.15) is 17.7 Å². The molecule has 3 rings (SSSR count). The predicted octanol–water partition coefficient (Wildman–Crippen LogP) is 4.44. The summed E-state index contributed by atoms with van der Waals surface area (Å²) in [6.07, 6.45) is 4.59. The Hall–Kier alpha value is -3.05. The summed E-state index contributed by atoms with van der Waals surface area (Å²) in [4.78, 5) is 16.9. The van der Waals surface area contributed by atoms with E-state index in [9.17, 15) is 14.4 Å². The molecule has 2 heterocycles. The van der Waals surface area contributed by atoms with E-state index in [4.69, 9.17) is 0 Å². The van der Waals surface area contributed by atoms with Gasteiger partial charge in [-0.05, 0) is 50.1 Å². The van der Waals surface area contributed by atoms with E-state index in [1.54, 1.807) is 22.9 Å². The number of carbonyl (C=O) groups excluding carboxylic acids is 1. The summed E-state index contributed by atoms with van der Waals surface area (Å²) in [6, 6.07) is 8.12. The van der Waals surface area contributed by atoms with Gasteiger partial charge in [0.05, 0.1) is 11.3 Å². The lowest BCUT2D eigenvalue weighted by Gasteiger charge is -2.13. The van der Waals surface area contributed by atoms with Gasteiger partial charge in [0, 0.05) is 30.3 Å². The van der Waals surface area contributed by atoms with Crippen molar-refractivity contribution in [2.24, 2.45) is 0 Å². The van der Waals surface area contributed by atoms with Crippen LogP contribution in [0.2, 0.25) is 0 Å². The number of imidazole rings is 1. The average molecular weight is 412 g/mol. The quantitative estimate of drug-likeness (QED) is 0.583. The Bertz CT molecular complexity index is 1060. The highest BCUT2D eigenvalue weighted by Gasteiger charge is 2.21. The lowest BCUT2D eigenvalue weighted by molar-refractivity contribution is -0.113. The number of aryl methyl sites for hydroxylation is 1. The molecule has 1 amide bonds. The molecule has 1 aromatic carbocycles. The second-order valence-electron chi connectivity index (χ2n) is 6.60. The van der Waals surface area contributed by atoms with Gasteiger partial charge in [0.15, 0.2) is 5.16 Å². The van der Waals surface area contributed by atoms with E-state index in [1.165, 1.54) is 23.9 Å². The van der Waals surface area contributed by atoms with Crippen molar-refractivity contribution >= 4 is 23.5 Å². The Labute approximate surface area is 173 Å². The van der Waals surface area contributed by atoms with Crippen molar-refractivity contribution in [3.63, 3.8) is 0 Å². The number of hydrogen-bond acceptors (Lipinski definition) is 4. The van der Waals surface area contributed by atoms with Crippen LogP contribution in [0.25, 0.3) is 5.69 Å². The second-order valence-corrected chi connectivity index (χ2v) is 7.54. The van der Waals surface area contributed by atoms with Crippen LogP contribution in [-0.2, 0) is 11.3 Å². The zero-order valence-electron chi connectivity index (χ0n) is 16.6. The van der Waals surface area contributed by atoms with Gasteiger partial charge in [-0.15, -0.1) is 0 Å². The topological polar surface area (TPSA) is 75.6 Å². The van der Waals surface area contributed by atoms with E-state index in [2.05, 4.69) is 23.3 Å². The number of nitriles is 1. The minimum absolute atomic E-state index is 0.165. The number of hydrogen-bond donors (Lipinski definition) is 1. The third-order valence-electron chi connectivity index (χ3n) is 4.64. The molecule has 8 heteroatoms. The molecule has 0 unspecified atom stereocenters. The minimum Gasteiger partial charge on any atom is -0.326 e. The molecule has 6 nitrogen and oxygen atoms in total. The molecule has 0 atom stereocenters. The maximum absolute atomic E-state index is 13.3. The summed E-state index contributed by atoms with van der Waals surface area (Å²) in [5.41, 5.74) is 2.67. The van der Waals surface area contributed by atoms with Crippen molar-refractivity contribution in [2.45, 2.75) is 38.9 Å². The first-order valence-electron chi connectivity index (χ1n) is 9.28. The molecule has 0 bridgehead atoms. The molecule has 0 spiro atoms. The number of nitrogens with zero attached hydrogens (tertiary/aromatic N) is 4. The Morgan fingerprint density at radius 3 is 2.69 bits per heavy atom. The van der Waals surface area contributed by atoms with Crippen molar-refractivity contribution in [2.75, 3.05) is 11.1 Å². The van der Waals surface area contributed by atoms with Crippen LogP contribution < -0.4 is 5.32 Å². The molecule has 3 aromatic rings. The van der Waals surface area contributed by atoms with Crippen molar-refractivity contribution in [1.82, 2.24) is 14.1 Å². The maximum Gasteiger partial charge on any atom is 0.236 e. The highest BCUT2D eigenvalue weighted by molar-refractivity contribution is 7.99. The number of aromatic nitrogens is 3. The van der Waals surface area contributed by atoms with Crippen molar-refractivity contribution in [3.8, 4) is 11.8 Å². The number of amides is 1. The predicted molar refractivity (Wildman–Crippen MR) is 112 cm³/mol. The summed E-state index contributed by atoms with van der Waals surface area (Å²) in [5, 5.41) is 13.3. The first-order chi connectivity index (χ1) is 14.0. The van der Waals surface area contributed by atoms with E-state index < -0.39 is 0 Å². The van der Waals surface area contributed by atoms with Crippen LogP contribution in [0.3, 0.4) is 0 Å². The fourth-order valence-corrected chi connectivity index (χ4v) is 3.90. The maximum atomic E-state index is 13.3. The van der Waals surface area contributed by atoms with Crippen molar-refractivity contribution in [1.29, 1.82) is 5.26 Å². The van der Waals surface area contributed by atoms with Gasteiger partial charge < -0.3 is 9.88 Å². The first kappa shape index (κ1) is 20.7. The summed E-state index contributed by atoms with van der Waals surface area (Å²) in [6.45, 7) is 6.62. The molecular weight excluding hydrogens is 389 g/mol. The number of nitrogens with one attached hydrogen (secondary N) is 1. The summed E-state index contributed by atoms with van der Waals surface area (Å²) < 4.78 is 17.1. The van der Waals surface area contributed by atoms with Crippen LogP contribution in [0.5, 0.6) is 0 Å². The number of benzene rings is 1. The fraction of sp³-hybridized carbons (Fsp3) is 0.286. The molecule has 0 fully saturated rings. The minimum atomic E-state index is -0.347. The highest BCUT2D eigenvalue weighted by atomic mass is 32.2. The standard InChI is InChI=1S/C21H22FN5OS/c1-4-10-26-11-9-24-21(26)29-13-19(28)25-20-18(12-23)14(2)15(3)27(20)17-7-5-16(22)6-8-17/h5-9,11H,4,10,13H2,1-3H3,(H,25,28). The molecule has 150 valence electrons. The monoisotopic (exact) mass is 411 g/mol. The van der Waals surface area contributed by atoms with E-state index in [0.717, 1.165) is 29.4 Å². The second kappa shape index (κ2) is 8.97. The van der Waals surface area contributed by atoms with Crippen LogP contribution in [0.15, 0.2) is 41.8 Å². The van der Waals surface area contributed by atoms with Gasteiger partial charge in [0.25, 0.3) is 0 Å². The highest BCUT2D eigenvalue weighted by Crippen LogP contribution is 2.30. The molecule has 0 aliphatic rings. The van der Waals surface area contributed by atoms with Crippen molar-refractivity contribution in [3.05, 3.63) is 59.3 Å². The Kier molecular flexibility index (Phi) is 6.39. The third kappa shape index (κ3) is 4.35. The van der Waals surface area contributed by atoms with Gasteiger partial charge in [0.2, 0.25) is 5.91 Å². The van der Waals surface area contributed by atoms with Gasteiger partial charge in [-0.2, -0.15) is 5.26 Å². The lowest BCUT2D eigenvalue weighted by atomic mass is 10.2. The summed E-state index contributed by atoms with van der Waals surface area (Å²) >= 11 is 1.35. The van der Waals surface area contributed by atoms with Crippen LogP contribution in [-0.4, -0.2) is 25.8 Å². The normalized spacial score (nSPS) is 10.7. The summed E-state index contributed by atoms with van der Waals surface area (Å²) in [5.74, 6) is -0.0199. The molecule has 1 N–H and O–H groups in total. The van der Waals surface area contributed by atoms with E-state index in [0.29, 0.717) is 17.1 Å². The zero-order chi connectivity index (χ0) is 21.0. The number of rotatable bonds is 7. The number of anilines is 1. The molecule has 0 saturated carbocycles. The smallest absolute Gasteiger partial charge is 0.236 e. The van der Waals surface area contributed by atoms with E-state index >= 15 is 0 Å². The van der Waals surface area contributed by atoms with Crippen LogP contribution in [0, 0.1) is 31.0 Å². The van der Waals surface area contributed by atoms with Gasteiger partial charge in [-0.3, -0.25) is 9.36 Å². The zero-order valence-corrected chi connectivity index (χ0v) is 17.4. The first-order valence-corrected chi connectivity index (χ1v) is 10.3. The Morgan fingerprint density at radius 1 is 1.31 bits per heavy atom. The van der Waals surface area contributed by atoms with Crippen molar-refractivity contribution < 1.29 is 9.18 Å². The SMILES string of the molecule is CCCn1ccnc1SCC(=O)Nc1c(C#N)c(C)c(C)n1-c1ccc(F)cc1. The molecule has 29 heavy (non-hydrogen) atoms. The molecular formula is C21H22FN5OS. The van der Waals surface area contributed by atoms with Gasteiger partial charge in [-0.25, -0.2) is 9.37 Å². The lowest BCUT2D eigenvalue weighted by Crippen LogP contribution is -2.18. The number of thioether (sulfide) groups is 1. The molecule has 2 aromatic heterocycles. The van der Waals surface area contributed by atoms with Crippen LogP contribution in [0.1, 0.15) is 30.2 Å². The number of halogens is 1. The molecule has 0 saturated heterocycles. The van der Waals surface area contributed by atoms with Crippen LogP contribution >= 0.6 is 11.8 Å². The Morgan fingerprint density at radius 2 is 2.03 bits per heavy atom. The molecule has 0 aliphatic carbocycles. The van der Waals surface area contributed by atoms with E-state index in [1.807, 2.05) is 24.6 Å². The molecule has 0 aliphatic heterocycles. The van der Waals surface area contributed by atoms with Crippen LogP contribution in [0.4, 0.5) is 10.2 Å². The van der Waals surface area contributed by atoms with E-state index in [-0.39, 0.29) is 17.5 Å². The average Bonchev–Trinajstić information content (AvgIpc) is 3.24. The third-order valence-corrected chi connectivity index (χ3v) is 5.65. The number of carbonyl (C=O) groups is 1. The molecule has 0 radical (unpaired) electrons. The van der Waals surface area contributed by atoms with Gasteiger partial charge >= 0.3 is 0 Å².